The van der Waals surface area contributed by atoms with Crippen LogP contribution in [0, 0.1) is 0 Å². The highest BCUT2D eigenvalue weighted by molar-refractivity contribution is 6.13. The molecule has 0 spiro atoms. The molecule has 65 heavy (non-hydrogen) atoms. The van der Waals surface area contributed by atoms with Gasteiger partial charge in [0.1, 0.15) is 11.2 Å². The maximum Gasteiger partial charge on any atom is 0.164 e. The molecule has 3 aromatic heterocycles. The molecule has 9 aromatic carbocycles. The van der Waals surface area contributed by atoms with Gasteiger partial charge in [-0.3, -0.25) is 0 Å². The SMILES string of the molecule is CC1(C)c2ccccc2-c2cc(-c3nc(-c4cccc(-c5ccc6c(c5)oc5cccc(-c7ccccc7)c56)c4)nc(-c4ccc5c6ccccc6n(-c6ccccc6)c5c4)n3)ccc21. The Labute approximate surface area is 376 Å². The van der Waals surface area contributed by atoms with E-state index in [1.807, 2.05) is 0 Å². The number of fused-ring (bicyclic) bond motifs is 9. The van der Waals surface area contributed by atoms with E-state index in [0.29, 0.717) is 17.5 Å². The van der Waals surface area contributed by atoms with E-state index in [1.54, 1.807) is 0 Å². The number of benzene rings is 9. The zero-order valence-corrected chi connectivity index (χ0v) is 35.8. The van der Waals surface area contributed by atoms with Crippen LogP contribution in [0.2, 0.25) is 0 Å². The number of aromatic nitrogens is 4. The minimum absolute atomic E-state index is 0.109. The van der Waals surface area contributed by atoms with Crippen LogP contribution in [-0.2, 0) is 5.41 Å². The molecule has 0 N–H and O–H groups in total. The summed E-state index contributed by atoms with van der Waals surface area (Å²) in [5.41, 5.74) is 17.3. The van der Waals surface area contributed by atoms with E-state index in [1.165, 1.54) is 38.6 Å². The molecule has 13 rings (SSSR count). The van der Waals surface area contributed by atoms with E-state index in [4.69, 9.17) is 19.4 Å². The zero-order chi connectivity index (χ0) is 43.2. The van der Waals surface area contributed by atoms with Gasteiger partial charge in [0.15, 0.2) is 17.5 Å². The molecule has 12 aromatic rings. The lowest BCUT2D eigenvalue weighted by Gasteiger charge is -2.21. The highest BCUT2D eigenvalue weighted by Gasteiger charge is 2.35. The lowest BCUT2D eigenvalue weighted by Crippen LogP contribution is -2.14. The predicted molar refractivity (Wildman–Crippen MR) is 266 cm³/mol. The van der Waals surface area contributed by atoms with Crippen molar-refractivity contribution in [1.82, 2.24) is 19.5 Å². The first-order valence-corrected chi connectivity index (χ1v) is 22.2. The predicted octanol–water partition coefficient (Wildman–Crippen LogP) is 15.5. The summed E-state index contributed by atoms with van der Waals surface area (Å²) >= 11 is 0. The fraction of sp³-hybridized carbons (Fsp3) is 0.0500. The lowest BCUT2D eigenvalue weighted by molar-refractivity contribution is 0.660. The number of nitrogens with zero attached hydrogens (tertiary/aromatic N) is 4. The van der Waals surface area contributed by atoms with Crippen LogP contribution >= 0.6 is 0 Å². The Morgan fingerprint density at radius 2 is 0.938 bits per heavy atom. The van der Waals surface area contributed by atoms with Crippen LogP contribution in [0.3, 0.4) is 0 Å². The van der Waals surface area contributed by atoms with Crippen LogP contribution in [0.25, 0.3) is 117 Å². The first-order chi connectivity index (χ1) is 32.0. The minimum atomic E-state index is -0.109. The number of hydrogen-bond donors (Lipinski definition) is 0. The third-order valence-electron chi connectivity index (χ3n) is 13.5. The molecule has 0 saturated heterocycles. The molecule has 0 unspecified atom stereocenters. The number of rotatable bonds is 6. The topological polar surface area (TPSA) is 56.7 Å². The van der Waals surface area contributed by atoms with Gasteiger partial charge >= 0.3 is 0 Å². The van der Waals surface area contributed by atoms with E-state index in [2.05, 4.69) is 225 Å². The van der Waals surface area contributed by atoms with Crippen LogP contribution < -0.4 is 0 Å². The van der Waals surface area contributed by atoms with Crippen LogP contribution in [0.15, 0.2) is 211 Å². The molecule has 0 fully saturated rings. The number of furan rings is 1. The van der Waals surface area contributed by atoms with E-state index >= 15 is 0 Å². The molecule has 0 aliphatic heterocycles. The molecule has 1 aliphatic rings. The van der Waals surface area contributed by atoms with Crippen molar-refractivity contribution in [1.29, 1.82) is 0 Å². The Morgan fingerprint density at radius 1 is 0.369 bits per heavy atom. The maximum atomic E-state index is 6.54. The number of hydrogen-bond acceptors (Lipinski definition) is 4. The van der Waals surface area contributed by atoms with Gasteiger partial charge in [0.2, 0.25) is 0 Å². The largest absolute Gasteiger partial charge is 0.456 e. The van der Waals surface area contributed by atoms with Crippen molar-refractivity contribution < 1.29 is 4.42 Å². The Kier molecular flexibility index (Phi) is 8.18. The van der Waals surface area contributed by atoms with Gasteiger partial charge < -0.3 is 8.98 Å². The Balaban J connectivity index is 0.974. The van der Waals surface area contributed by atoms with Crippen molar-refractivity contribution in [3.63, 3.8) is 0 Å². The third kappa shape index (κ3) is 5.89. The second kappa shape index (κ2) is 14.3. The normalized spacial score (nSPS) is 12.9. The van der Waals surface area contributed by atoms with E-state index in [9.17, 15) is 0 Å². The summed E-state index contributed by atoms with van der Waals surface area (Å²) in [5, 5.41) is 4.59. The van der Waals surface area contributed by atoms with Crippen LogP contribution in [0.4, 0.5) is 0 Å². The molecule has 5 heteroatoms. The van der Waals surface area contributed by atoms with Crippen molar-refractivity contribution in [3.05, 3.63) is 217 Å². The van der Waals surface area contributed by atoms with Gasteiger partial charge in [-0.15, -0.1) is 0 Å². The third-order valence-corrected chi connectivity index (χ3v) is 13.5. The van der Waals surface area contributed by atoms with Crippen LogP contribution in [0.1, 0.15) is 25.0 Å². The van der Waals surface area contributed by atoms with E-state index < -0.39 is 0 Å². The van der Waals surface area contributed by atoms with Gasteiger partial charge in [-0.25, -0.2) is 15.0 Å². The summed E-state index contributed by atoms with van der Waals surface area (Å²) in [6.07, 6.45) is 0. The average molecular weight is 833 g/mol. The summed E-state index contributed by atoms with van der Waals surface area (Å²) in [5.74, 6) is 1.84. The van der Waals surface area contributed by atoms with Crippen molar-refractivity contribution in [3.8, 4) is 73.2 Å². The van der Waals surface area contributed by atoms with Gasteiger partial charge in [0.25, 0.3) is 0 Å². The Hall–Kier alpha value is -8.41. The summed E-state index contributed by atoms with van der Waals surface area (Å²) in [6.45, 7) is 4.62. The highest BCUT2D eigenvalue weighted by Crippen LogP contribution is 2.49. The first kappa shape index (κ1) is 37.2. The number of para-hydroxylation sites is 2. The van der Waals surface area contributed by atoms with Crippen LogP contribution in [0.5, 0.6) is 0 Å². The quantitative estimate of drug-likeness (QED) is 0.167. The molecule has 0 amide bonds. The van der Waals surface area contributed by atoms with Crippen molar-refractivity contribution in [2.45, 2.75) is 19.3 Å². The summed E-state index contributed by atoms with van der Waals surface area (Å²) in [6, 6.07) is 73.0. The molecule has 1 aliphatic carbocycles. The van der Waals surface area contributed by atoms with Gasteiger partial charge in [0.05, 0.1) is 11.0 Å². The first-order valence-electron chi connectivity index (χ1n) is 22.2. The average Bonchev–Trinajstić information content (AvgIpc) is 3.99. The molecular weight excluding hydrogens is 793 g/mol. The summed E-state index contributed by atoms with van der Waals surface area (Å²) in [4.78, 5) is 15.9. The fourth-order valence-corrected chi connectivity index (χ4v) is 10.3. The maximum absolute atomic E-state index is 6.54. The van der Waals surface area contributed by atoms with E-state index in [0.717, 1.165) is 72.0 Å². The summed E-state index contributed by atoms with van der Waals surface area (Å²) < 4.78 is 8.87. The monoisotopic (exact) mass is 832 g/mol. The van der Waals surface area contributed by atoms with Gasteiger partial charge in [-0.2, -0.15) is 0 Å². The molecule has 0 atom stereocenters. The minimum Gasteiger partial charge on any atom is -0.456 e. The zero-order valence-electron chi connectivity index (χ0n) is 35.8. The molecule has 306 valence electrons. The molecular formula is C60H40N4O. The second-order valence-electron chi connectivity index (χ2n) is 17.6. The smallest absolute Gasteiger partial charge is 0.164 e. The van der Waals surface area contributed by atoms with Crippen molar-refractivity contribution >= 4 is 43.7 Å². The van der Waals surface area contributed by atoms with Gasteiger partial charge in [-0.1, -0.05) is 166 Å². The second-order valence-corrected chi connectivity index (χ2v) is 17.6. The van der Waals surface area contributed by atoms with Gasteiger partial charge in [-0.05, 0) is 99.1 Å². The standard InChI is InChI=1S/C60H40N4O/c1-60(2)50-24-11-9-21-45(50)49-34-41(29-32-51(49)60)58-61-57(62-59(63-58)42-28-30-47-46-22-10-12-25-52(46)64(53(47)35-42)43-19-7-4-8-20-43)40-18-13-17-38(33-40)39-27-31-48-55(36-39)65-54-26-14-23-44(56(48)54)37-15-5-3-6-16-37/h3-36H,1-2H3. The molecule has 0 radical (unpaired) electrons. The van der Waals surface area contributed by atoms with Crippen LogP contribution in [-0.4, -0.2) is 19.5 Å². The molecule has 5 nitrogen and oxygen atoms in total. The molecule has 0 saturated carbocycles. The van der Waals surface area contributed by atoms with E-state index in [-0.39, 0.29) is 5.41 Å². The Morgan fingerprint density at radius 3 is 1.77 bits per heavy atom. The molecule has 0 bridgehead atoms. The van der Waals surface area contributed by atoms with Crippen molar-refractivity contribution in [2.75, 3.05) is 0 Å². The fourth-order valence-electron chi connectivity index (χ4n) is 10.3. The molecule has 3 heterocycles. The highest BCUT2D eigenvalue weighted by atomic mass is 16.3. The lowest BCUT2D eigenvalue weighted by atomic mass is 9.82. The summed E-state index contributed by atoms with van der Waals surface area (Å²) in [7, 11) is 0. The van der Waals surface area contributed by atoms with Crippen molar-refractivity contribution in [2.24, 2.45) is 0 Å². The Bertz CT molecular complexity index is 3860. The van der Waals surface area contributed by atoms with Gasteiger partial charge in [0, 0.05) is 49.3 Å².